The van der Waals surface area contributed by atoms with Crippen molar-refractivity contribution in [1.82, 2.24) is 4.89 Å². The summed E-state index contributed by atoms with van der Waals surface area (Å²) in [5, 5.41) is 8.32. The molecule has 0 radical (unpaired) electrons. The molecule has 0 aliphatic rings. The van der Waals surface area contributed by atoms with Crippen LogP contribution >= 0.6 is 0 Å². The highest BCUT2D eigenvalue weighted by Gasteiger charge is 2.13. The van der Waals surface area contributed by atoms with Crippen molar-refractivity contribution < 1.29 is 18.4 Å². The molecule has 4 N–H and O–H groups in total. The number of carbonyl (C=O) groups excluding carboxylic acids is 1. The second kappa shape index (κ2) is 3.74. The summed E-state index contributed by atoms with van der Waals surface area (Å²) < 4.78 is 22.1. The van der Waals surface area contributed by atoms with Gasteiger partial charge >= 0.3 is 0 Å². The number of rotatable bonds is 3. The molecule has 76 valence electrons. The van der Waals surface area contributed by atoms with Crippen LogP contribution in [0.2, 0.25) is 0 Å². The van der Waals surface area contributed by atoms with Crippen molar-refractivity contribution in [2.24, 2.45) is 5.73 Å². The monoisotopic (exact) mass is 216 g/mol. The van der Waals surface area contributed by atoms with Gasteiger partial charge in [-0.3, -0.25) is 4.79 Å². The van der Waals surface area contributed by atoms with Crippen LogP contribution in [0.1, 0.15) is 10.4 Å². The van der Waals surface area contributed by atoms with Gasteiger partial charge in [0, 0.05) is 5.56 Å². The second-order valence-corrected chi connectivity index (χ2v) is 4.15. The van der Waals surface area contributed by atoms with Gasteiger partial charge in [0.25, 0.3) is 10.0 Å². The van der Waals surface area contributed by atoms with Crippen LogP contribution in [-0.4, -0.2) is 19.5 Å². The third kappa shape index (κ3) is 2.08. The van der Waals surface area contributed by atoms with Crippen LogP contribution in [0.25, 0.3) is 0 Å². The Morgan fingerprint density at radius 2 is 2.07 bits per heavy atom. The summed E-state index contributed by atoms with van der Waals surface area (Å²) >= 11 is 0. The van der Waals surface area contributed by atoms with E-state index in [0.717, 1.165) is 11.0 Å². The number of sulfonamides is 1. The highest BCUT2D eigenvalue weighted by Crippen LogP contribution is 2.10. The van der Waals surface area contributed by atoms with E-state index in [-0.39, 0.29) is 10.5 Å². The third-order valence-electron chi connectivity index (χ3n) is 1.55. The molecular formula is C7H8N2O4S. The lowest BCUT2D eigenvalue weighted by atomic mass is 10.2. The SMILES string of the molecule is NC(=O)c1cccc(S(=O)(=O)NO)c1. The Morgan fingerprint density at radius 3 is 2.57 bits per heavy atom. The van der Waals surface area contributed by atoms with Crippen molar-refractivity contribution in [3.8, 4) is 0 Å². The van der Waals surface area contributed by atoms with Crippen LogP contribution in [-0.2, 0) is 10.0 Å². The number of benzene rings is 1. The van der Waals surface area contributed by atoms with Crippen LogP contribution in [0.3, 0.4) is 0 Å². The van der Waals surface area contributed by atoms with Gasteiger partial charge in [-0.25, -0.2) is 8.42 Å². The van der Waals surface area contributed by atoms with E-state index in [1.54, 1.807) is 0 Å². The zero-order valence-electron chi connectivity index (χ0n) is 6.97. The molecule has 0 saturated heterocycles. The molecule has 0 aliphatic carbocycles. The van der Waals surface area contributed by atoms with E-state index < -0.39 is 15.9 Å². The fourth-order valence-electron chi connectivity index (χ4n) is 0.869. The lowest BCUT2D eigenvalue weighted by Crippen LogP contribution is -2.20. The van der Waals surface area contributed by atoms with Gasteiger partial charge in [0.05, 0.1) is 4.90 Å². The summed E-state index contributed by atoms with van der Waals surface area (Å²) in [6, 6.07) is 5.02. The molecule has 1 rings (SSSR count). The average molecular weight is 216 g/mol. The largest absolute Gasteiger partial charge is 0.366 e. The fourth-order valence-corrected chi connectivity index (χ4v) is 1.51. The molecule has 0 saturated carbocycles. The molecule has 0 atom stereocenters. The number of nitrogens with one attached hydrogen (secondary N) is 1. The van der Waals surface area contributed by atoms with Crippen molar-refractivity contribution in [3.05, 3.63) is 29.8 Å². The maximum atomic E-state index is 11.1. The van der Waals surface area contributed by atoms with Crippen molar-refractivity contribution in [1.29, 1.82) is 0 Å². The van der Waals surface area contributed by atoms with Crippen molar-refractivity contribution >= 4 is 15.9 Å². The van der Waals surface area contributed by atoms with Crippen molar-refractivity contribution in [3.63, 3.8) is 0 Å². The molecule has 1 aromatic rings. The van der Waals surface area contributed by atoms with E-state index in [9.17, 15) is 13.2 Å². The van der Waals surface area contributed by atoms with Gasteiger partial charge in [-0.2, -0.15) is 0 Å². The minimum atomic E-state index is -3.96. The topological polar surface area (TPSA) is 109 Å². The van der Waals surface area contributed by atoms with Gasteiger partial charge in [0.15, 0.2) is 0 Å². The molecule has 1 aromatic carbocycles. The average Bonchev–Trinajstić information content (AvgIpc) is 2.18. The summed E-state index contributed by atoms with van der Waals surface area (Å²) in [5.74, 6) is -0.736. The molecule has 6 nitrogen and oxygen atoms in total. The zero-order valence-corrected chi connectivity index (χ0v) is 7.78. The van der Waals surface area contributed by atoms with Gasteiger partial charge in [-0.05, 0) is 18.2 Å². The summed E-state index contributed by atoms with van der Waals surface area (Å²) in [7, 11) is -3.96. The maximum Gasteiger partial charge on any atom is 0.262 e. The zero-order chi connectivity index (χ0) is 10.8. The predicted molar refractivity (Wildman–Crippen MR) is 47.1 cm³/mol. The Bertz CT molecular complexity index is 455. The third-order valence-corrected chi connectivity index (χ3v) is 2.66. The van der Waals surface area contributed by atoms with Gasteiger partial charge in [0.1, 0.15) is 0 Å². The first-order valence-electron chi connectivity index (χ1n) is 3.53. The van der Waals surface area contributed by atoms with Gasteiger partial charge in [-0.1, -0.05) is 11.0 Å². The number of amides is 1. The van der Waals surface area contributed by atoms with Crippen molar-refractivity contribution in [2.75, 3.05) is 0 Å². The molecule has 0 bridgehead atoms. The molecule has 7 heteroatoms. The molecule has 0 unspecified atom stereocenters. The predicted octanol–water partition coefficient (Wildman–Crippen LogP) is -0.547. The smallest absolute Gasteiger partial charge is 0.262 e. The standard InChI is InChI=1S/C7H8N2O4S/c8-7(10)5-2-1-3-6(4-5)14(12,13)9-11/h1-4,9,11H,(H2,8,10). The summed E-state index contributed by atoms with van der Waals surface area (Å²) in [5.41, 5.74) is 5.01. The molecule has 0 spiro atoms. The van der Waals surface area contributed by atoms with Gasteiger partial charge < -0.3 is 10.9 Å². The van der Waals surface area contributed by atoms with Crippen LogP contribution in [0.15, 0.2) is 29.2 Å². The Kier molecular flexibility index (Phi) is 2.84. The Balaban J connectivity index is 3.26. The molecule has 0 fully saturated rings. The Labute approximate surface area is 80.4 Å². The number of primary amides is 1. The number of carbonyl (C=O) groups is 1. The minimum absolute atomic E-state index is 0.0568. The Hall–Kier alpha value is -1.44. The van der Waals surface area contributed by atoms with E-state index in [4.69, 9.17) is 10.9 Å². The maximum absolute atomic E-state index is 11.1. The Morgan fingerprint density at radius 1 is 1.43 bits per heavy atom. The van der Waals surface area contributed by atoms with Crippen LogP contribution in [0, 0.1) is 0 Å². The first kappa shape index (κ1) is 10.6. The fraction of sp³-hybridized carbons (Fsp3) is 0. The molecule has 0 aromatic heterocycles. The van der Waals surface area contributed by atoms with Gasteiger partial charge in [-0.15, -0.1) is 0 Å². The summed E-state index contributed by atoms with van der Waals surface area (Å²) in [6.45, 7) is 0. The first-order chi connectivity index (χ1) is 6.47. The molecule has 1 amide bonds. The van der Waals surface area contributed by atoms with Crippen molar-refractivity contribution in [2.45, 2.75) is 4.90 Å². The summed E-state index contributed by atoms with van der Waals surface area (Å²) in [6.07, 6.45) is 0. The van der Waals surface area contributed by atoms with E-state index in [2.05, 4.69) is 0 Å². The molecule has 0 heterocycles. The van der Waals surface area contributed by atoms with E-state index in [0.29, 0.717) is 0 Å². The van der Waals surface area contributed by atoms with E-state index in [1.807, 2.05) is 0 Å². The van der Waals surface area contributed by atoms with Crippen LogP contribution < -0.4 is 10.6 Å². The van der Waals surface area contributed by atoms with E-state index >= 15 is 0 Å². The number of hydrogen-bond donors (Lipinski definition) is 3. The molecule has 14 heavy (non-hydrogen) atoms. The molecule has 0 aliphatic heterocycles. The number of hydrogen-bond acceptors (Lipinski definition) is 4. The lowest BCUT2D eigenvalue weighted by molar-refractivity contribution is 0.1000. The van der Waals surface area contributed by atoms with Crippen LogP contribution in [0.4, 0.5) is 0 Å². The number of nitrogens with two attached hydrogens (primary N) is 1. The lowest BCUT2D eigenvalue weighted by Gasteiger charge is -2.02. The normalized spacial score (nSPS) is 11.2. The van der Waals surface area contributed by atoms with E-state index in [1.165, 1.54) is 18.2 Å². The minimum Gasteiger partial charge on any atom is -0.366 e. The van der Waals surface area contributed by atoms with Gasteiger partial charge in [0.2, 0.25) is 5.91 Å². The van der Waals surface area contributed by atoms with Crippen LogP contribution in [0.5, 0.6) is 0 Å². The first-order valence-corrected chi connectivity index (χ1v) is 5.01. The summed E-state index contributed by atoms with van der Waals surface area (Å²) in [4.78, 5) is 11.6. The molecular weight excluding hydrogens is 208 g/mol. The highest BCUT2D eigenvalue weighted by atomic mass is 32.2. The second-order valence-electron chi connectivity index (χ2n) is 2.49. The quantitative estimate of drug-likeness (QED) is 0.589. The highest BCUT2D eigenvalue weighted by molar-refractivity contribution is 7.89.